The normalized spacial score (nSPS) is 14.5. The Kier molecular flexibility index (Phi) is 5.79. The van der Waals surface area contributed by atoms with Crippen LogP contribution < -0.4 is 14.9 Å². The zero-order valence-corrected chi connectivity index (χ0v) is 16.2. The van der Waals surface area contributed by atoms with Gasteiger partial charge in [0, 0.05) is 36.1 Å². The van der Waals surface area contributed by atoms with Crippen LogP contribution in [0.15, 0.2) is 54.6 Å². The number of rotatable bonds is 6. The smallest absolute Gasteiger partial charge is 0.248 e. The Morgan fingerprint density at radius 3 is 2.50 bits per heavy atom. The van der Waals surface area contributed by atoms with Gasteiger partial charge in [0.25, 0.3) is 0 Å². The van der Waals surface area contributed by atoms with Crippen LogP contribution in [-0.4, -0.2) is 33.0 Å². The molecule has 28 heavy (non-hydrogen) atoms. The van der Waals surface area contributed by atoms with E-state index in [1.165, 1.54) is 6.08 Å². The van der Waals surface area contributed by atoms with Crippen LogP contribution >= 0.6 is 0 Å². The van der Waals surface area contributed by atoms with Gasteiger partial charge in [-0.05, 0) is 48.4 Å². The number of benzene rings is 2. The first-order valence-corrected chi connectivity index (χ1v) is 10.7. The molecule has 7 nitrogen and oxygen atoms in total. The number of anilines is 3. The fourth-order valence-electron chi connectivity index (χ4n) is 2.90. The van der Waals surface area contributed by atoms with Crippen molar-refractivity contribution in [3.63, 3.8) is 0 Å². The minimum Gasteiger partial charge on any atom is -0.322 e. The molecule has 0 bridgehead atoms. The van der Waals surface area contributed by atoms with E-state index < -0.39 is 10.0 Å². The van der Waals surface area contributed by atoms with Gasteiger partial charge < -0.3 is 10.2 Å². The van der Waals surface area contributed by atoms with E-state index >= 15 is 0 Å². The van der Waals surface area contributed by atoms with Crippen LogP contribution in [0.25, 0.3) is 6.08 Å². The van der Waals surface area contributed by atoms with Gasteiger partial charge in [0.1, 0.15) is 0 Å². The van der Waals surface area contributed by atoms with Crippen LogP contribution in [0.3, 0.4) is 0 Å². The molecule has 1 fully saturated rings. The van der Waals surface area contributed by atoms with Crippen molar-refractivity contribution in [2.75, 3.05) is 27.7 Å². The van der Waals surface area contributed by atoms with Gasteiger partial charge in [-0.15, -0.1) is 0 Å². The molecule has 2 amide bonds. The summed E-state index contributed by atoms with van der Waals surface area (Å²) in [5, 5.41) is 2.78. The summed E-state index contributed by atoms with van der Waals surface area (Å²) in [5.74, 6) is -0.208. The Balaban J connectivity index is 1.61. The van der Waals surface area contributed by atoms with Gasteiger partial charge in [0.05, 0.1) is 6.26 Å². The molecule has 0 aliphatic carbocycles. The van der Waals surface area contributed by atoms with Gasteiger partial charge in [-0.1, -0.05) is 18.2 Å². The summed E-state index contributed by atoms with van der Waals surface area (Å²) < 4.78 is 24.8. The summed E-state index contributed by atoms with van der Waals surface area (Å²) in [5.41, 5.74) is 2.60. The van der Waals surface area contributed by atoms with E-state index in [0.717, 1.165) is 23.9 Å². The Morgan fingerprint density at radius 2 is 1.86 bits per heavy atom. The number of carbonyl (C=O) groups excluding carboxylic acids is 2. The second kappa shape index (κ2) is 8.26. The molecule has 2 N–H and O–H groups in total. The van der Waals surface area contributed by atoms with E-state index in [9.17, 15) is 18.0 Å². The number of hydrogen-bond acceptors (Lipinski definition) is 4. The molecule has 0 aromatic heterocycles. The minimum absolute atomic E-state index is 0.0946. The fourth-order valence-corrected chi connectivity index (χ4v) is 3.47. The number of nitrogens with one attached hydrogen (secondary N) is 2. The lowest BCUT2D eigenvalue weighted by Gasteiger charge is -2.16. The predicted molar refractivity (Wildman–Crippen MR) is 111 cm³/mol. The summed E-state index contributed by atoms with van der Waals surface area (Å²) >= 11 is 0. The zero-order chi connectivity index (χ0) is 20.1. The van der Waals surface area contributed by atoms with Gasteiger partial charge >= 0.3 is 0 Å². The molecule has 1 heterocycles. The maximum Gasteiger partial charge on any atom is 0.248 e. The molecule has 1 aliphatic rings. The van der Waals surface area contributed by atoms with Crippen molar-refractivity contribution < 1.29 is 18.0 Å². The highest BCUT2D eigenvalue weighted by atomic mass is 32.2. The maximum atomic E-state index is 12.2. The van der Waals surface area contributed by atoms with Gasteiger partial charge in [-0.25, -0.2) is 8.42 Å². The summed E-state index contributed by atoms with van der Waals surface area (Å²) in [6.07, 6.45) is 5.51. The van der Waals surface area contributed by atoms with E-state index in [4.69, 9.17) is 0 Å². The molecule has 0 saturated carbocycles. The molecule has 0 unspecified atom stereocenters. The molecule has 146 valence electrons. The lowest BCUT2D eigenvalue weighted by atomic mass is 10.2. The number of nitrogens with zero attached hydrogens (tertiary/aromatic N) is 1. The summed E-state index contributed by atoms with van der Waals surface area (Å²) in [6.45, 7) is 0.695. The van der Waals surface area contributed by atoms with Crippen molar-refractivity contribution in [1.29, 1.82) is 0 Å². The van der Waals surface area contributed by atoms with E-state index in [0.29, 0.717) is 24.3 Å². The van der Waals surface area contributed by atoms with E-state index in [1.54, 1.807) is 53.4 Å². The molecule has 3 rings (SSSR count). The molecule has 8 heteroatoms. The summed E-state index contributed by atoms with van der Waals surface area (Å²) in [7, 11) is -3.32. The third-order valence-corrected chi connectivity index (χ3v) is 4.75. The average molecular weight is 399 g/mol. The lowest BCUT2D eigenvalue weighted by Crippen LogP contribution is -2.23. The molecule has 1 saturated heterocycles. The third kappa shape index (κ3) is 5.43. The molecule has 1 aliphatic heterocycles. The second-order valence-corrected chi connectivity index (χ2v) is 8.27. The first-order valence-electron chi connectivity index (χ1n) is 8.77. The monoisotopic (exact) mass is 399 g/mol. The highest BCUT2D eigenvalue weighted by molar-refractivity contribution is 7.92. The van der Waals surface area contributed by atoms with Crippen molar-refractivity contribution in [3.05, 3.63) is 60.2 Å². The molecular formula is C20H21N3O4S. The average Bonchev–Trinajstić information content (AvgIpc) is 3.06. The molecular weight excluding hydrogens is 378 g/mol. The van der Waals surface area contributed by atoms with Gasteiger partial charge in [0.15, 0.2) is 0 Å². The molecule has 0 atom stereocenters. The molecule has 0 radical (unpaired) electrons. The van der Waals surface area contributed by atoms with Gasteiger partial charge in [-0.2, -0.15) is 0 Å². The highest BCUT2D eigenvalue weighted by Gasteiger charge is 2.21. The topological polar surface area (TPSA) is 95.6 Å². The van der Waals surface area contributed by atoms with Crippen molar-refractivity contribution in [2.45, 2.75) is 12.8 Å². The Labute approximate surface area is 164 Å². The Morgan fingerprint density at radius 1 is 1.11 bits per heavy atom. The van der Waals surface area contributed by atoms with Crippen molar-refractivity contribution in [3.8, 4) is 0 Å². The Hall–Kier alpha value is -3.13. The molecule has 2 aromatic rings. The molecule has 0 spiro atoms. The maximum absolute atomic E-state index is 12.2. The minimum atomic E-state index is -3.32. The van der Waals surface area contributed by atoms with Crippen LogP contribution in [0.4, 0.5) is 17.1 Å². The largest absolute Gasteiger partial charge is 0.322 e. The lowest BCUT2D eigenvalue weighted by molar-refractivity contribution is -0.117. The van der Waals surface area contributed by atoms with Crippen LogP contribution in [0.2, 0.25) is 0 Å². The standard InChI is InChI=1S/C20H21N3O4S/c1-28(26,27)22-16-10-7-15(8-11-16)9-12-19(24)21-17-4-2-5-18(14-17)23-13-3-6-20(23)25/h2,4-5,7-12,14,22H,3,6,13H2,1H3,(H,21,24)/b12-9+. The quantitative estimate of drug-likeness (QED) is 0.730. The summed E-state index contributed by atoms with van der Waals surface area (Å²) in [4.78, 5) is 25.7. The van der Waals surface area contributed by atoms with E-state index in [2.05, 4.69) is 10.0 Å². The van der Waals surface area contributed by atoms with Crippen LogP contribution in [-0.2, 0) is 19.6 Å². The Bertz CT molecular complexity index is 1010. The van der Waals surface area contributed by atoms with E-state index in [1.807, 2.05) is 6.07 Å². The highest BCUT2D eigenvalue weighted by Crippen LogP contribution is 2.24. The number of carbonyl (C=O) groups is 2. The second-order valence-electron chi connectivity index (χ2n) is 6.52. The first-order chi connectivity index (χ1) is 13.3. The summed E-state index contributed by atoms with van der Waals surface area (Å²) in [6, 6.07) is 13.8. The van der Waals surface area contributed by atoms with E-state index in [-0.39, 0.29) is 11.8 Å². The van der Waals surface area contributed by atoms with Gasteiger partial charge in [-0.3, -0.25) is 14.3 Å². The van der Waals surface area contributed by atoms with Crippen molar-refractivity contribution in [2.24, 2.45) is 0 Å². The van der Waals surface area contributed by atoms with Crippen molar-refractivity contribution in [1.82, 2.24) is 0 Å². The zero-order valence-electron chi connectivity index (χ0n) is 15.4. The van der Waals surface area contributed by atoms with Crippen LogP contribution in [0.1, 0.15) is 18.4 Å². The first kappa shape index (κ1) is 19.6. The fraction of sp³-hybridized carbons (Fsp3) is 0.200. The third-order valence-electron chi connectivity index (χ3n) is 4.14. The predicted octanol–water partition coefficient (Wildman–Crippen LogP) is 2.84. The SMILES string of the molecule is CS(=O)(=O)Nc1ccc(/C=C/C(=O)Nc2cccc(N3CCCC3=O)c2)cc1. The number of hydrogen-bond donors (Lipinski definition) is 2. The van der Waals surface area contributed by atoms with Crippen LogP contribution in [0.5, 0.6) is 0 Å². The number of sulfonamides is 1. The molecule has 2 aromatic carbocycles. The number of amides is 2. The van der Waals surface area contributed by atoms with Crippen LogP contribution in [0, 0.1) is 0 Å². The van der Waals surface area contributed by atoms with Gasteiger partial charge in [0.2, 0.25) is 21.8 Å². The van der Waals surface area contributed by atoms with Crippen molar-refractivity contribution >= 4 is 45.0 Å².